The number of thioether (sulfide) groups is 1. The van der Waals surface area contributed by atoms with E-state index >= 15 is 0 Å². The van der Waals surface area contributed by atoms with Crippen molar-refractivity contribution in [1.82, 2.24) is 0 Å². The molecule has 0 aliphatic carbocycles. The summed E-state index contributed by atoms with van der Waals surface area (Å²) >= 11 is 2.37. The highest BCUT2D eigenvalue weighted by atomic mass is 32.2. The Morgan fingerprint density at radius 1 is 1.52 bits per heavy atom. The van der Waals surface area contributed by atoms with Crippen LogP contribution in [0.3, 0.4) is 0 Å². The van der Waals surface area contributed by atoms with Crippen LogP contribution in [0.5, 0.6) is 0 Å². The molecule has 0 bridgehead atoms. The number of anilines is 1. The highest BCUT2D eigenvalue weighted by Crippen LogP contribution is 2.28. The van der Waals surface area contributed by atoms with Crippen LogP contribution in [0.1, 0.15) is 21.7 Å². The molecule has 1 atom stereocenters. The van der Waals surface area contributed by atoms with Gasteiger partial charge in [-0.2, -0.15) is 0 Å². The van der Waals surface area contributed by atoms with E-state index in [2.05, 4.69) is 5.32 Å². The van der Waals surface area contributed by atoms with Crippen LogP contribution in [0.25, 0.3) is 0 Å². The maximum atomic E-state index is 11.9. The number of carbonyl (C=O) groups excluding carboxylic acids is 1. The summed E-state index contributed by atoms with van der Waals surface area (Å²) in [6.07, 6.45) is 0.568. The van der Waals surface area contributed by atoms with Crippen molar-refractivity contribution >= 4 is 50.5 Å². The minimum absolute atomic E-state index is 0.0525. The molecule has 0 saturated carbocycles. The third kappa shape index (κ3) is 4.21. The molecule has 2 rings (SSSR count). The van der Waals surface area contributed by atoms with Gasteiger partial charge in [-0.1, -0.05) is 0 Å². The predicted octanol–water partition coefficient (Wildman–Crippen LogP) is 1.61. The number of nitrogens with one attached hydrogen (secondary N) is 1. The van der Waals surface area contributed by atoms with Gasteiger partial charge in [-0.05, 0) is 24.3 Å². The number of aromatic carboxylic acids is 1. The first kappa shape index (κ1) is 16.3. The number of hydrogen-bond donors (Lipinski definition) is 2. The quantitative estimate of drug-likeness (QED) is 0.838. The summed E-state index contributed by atoms with van der Waals surface area (Å²) in [5, 5.41) is 13.3. The van der Waals surface area contributed by atoms with E-state index in [1.807, 2.05) is 0 Å². The zero-order chi connectivity index (χ0) is 15.6. The molecule has 1 unspecified atom stereocenters. The van der Waals surface area contributed by atoms with Crippen molar-refractivity contribution < 1.29 is 23.1 Å². The lowest BCUT2D eigenvalue weighted by Gasteiger charge is -2.09. The molecule has 1 aromatic rings. The van der Waals surface area contributed by atoms with Gasteiger partial charge in [-0.15, -0.1) is 23.1 Å². The van der Waals surface area contributed by atoms with Crippen molar-refractivity contribution in [2.45, 2.75) is 18.6 Å². The van der Waals surface area contributed by atoms with Crippen molar-refractivity contribution in [3.63, 3.8) is 0 Å². The Kier molecular flexibility index (Phi) is 4.95. The van der Waals surface area contributed by atoms with E-state index in [0.717, 1.165) is 11.3 Å². The minimum atomic E-state index is -2.95. The van der Waals surface area contributed by atoms with Crippen LogP contribution >= 0.6 is 23.1 Å². The van der Waals surface area contributed by atoms with Gasteiger partial charge in [0.1, 0.15) is 4.88 Å². The Morgan fingerprint density at radius 3 is 2.81 bits per heavy atom. The van der Waals surface area contributed by atoms with Crippen LogP contribution in [0.15, 0.2) is 5.38 Å². The normalized spacial score (nSPS) is 20.3. The number of hydrogen-bond acceptors (Lipinski definition) is 6. The molecule has 116 valence electrons. The summed E-state index contributed by atoms with van der Waals surface area (Å²) in [6.45, 7) is 1.73. The molecule has 2 heterocycles. The average Bonchev–Trinajstić information content (AvgIpc) is 2.91. The Morgan fingerprint density at radius 2 is 2.24 bits per heavy atom. The molecule has 0 spiro atoms. The Balaban J connectivity index is 1.91. The van der Waals surface area contributed by atoms with Gasteiger partial charge >= 0.3 is 5.97 Å². The first-order chi connectivity index (χ1) is 9.78. The van der Waals surface area contributed by atoms with Crippen LogP contribution in [-0.2, 0) is 14.6 Å². The van der Waals surface area contributed by atoms with Crippen molar-refractivity contribution in [2.75, 3.05) is 22.6 Å². The number of carboxylic acids is 1. The minimum Gasteiger partial charge on any atom is -0.477 e. The van der Waals surface area contributed by atoms with E-state index in [4.69, 9.17) is 5.11 Å². The van der Waals surface area contributed by atoms with Gasteiger partial charge in [-0.25, -0.2) is 13.2 Å². The van der Waals surface area contributed by atoms with Crippen LogP contribution in [0, 0.1) is 6.92 Å². The van der Waals surface area contributed by atoms with E-state index in [9.17, 15) is 18.0 Å². The second kappa shape index (κ2) is 6.37. The van der Waals surface area contributed by atoms with E-state index in [1.54, 1.807) is 12.3 Å². The molecule has 0 aromatic carbocycles. The largest absolute Gasteiger partial charge is 0.477 e. The number of rotatable bonds is 5. The summed E-state index contributed by atoms with van der Waals surface area (Å²) in [5.74, 6) is -0.970. The fourth-order valence-corrected chi connectivity index (χ4v) is 6.30. The first-order valence-corrected chi connectivity index (χ1v) is 9.97. The van der Waals surface area contributed by atoms with Gasteiger partial charge in [0.15, 0.2) is 9.84 Å². The lowest BCUT2D eigenvalue weighted by atomic mass is 10.2. The molecule has 1 aromatic heterocycles. The predicted molar refractivity (Wildman–Crippen MR) is 84.2 cm³/mol. The lowest BCUT2D eigenvalue weighted by Crippen LogP contribution is -2.18. The molecule has 9 heteroatoms. The zero-order valence-corrected chi connectivity index (χ0v) is 13.7. The van der Waals surface area contributed by atoms with Crippen LogP contribution < -0.4 is 5.32 Å². The number of carboxylic acid groups (broad SMARTS) is 1. The molecule has 1 saturated heterocycles. The van der Waals surface area contributed by atoms with Crippen molar-refractivity contribution in [3.8, 4) is 0 Å². The molecule has 1 aliphatic rings. The van der Waals surface area contributed by atoms with E-state index < -0.39 is 15.8 Å². The van der Waals surface area contributed by atoms with Crippen molar-refractivity contribution in [3.05, 3.63) is 15.8 Å². The average molecular weight is 349 g/mol. The van der Waals surface area contributed by atoms with E-state index in [1.165, 1.54) is 11.8 Å². The summed E-state index contributed by atoms with van der Waals surface area (Å²) < 4.78 is 22.7. The molecule has 6 nitrogen and oxygen atoms in total. The molecule has 21 heavy (non-hydrogen) atoms. The molecule has 1 aliphatic heterocycles. The topological polar surface area (TPSA) is 101 Å². The van der Waals surface area contributed by atoms with Gasteiger partial charge in [0.05, 0.1) is 22.9 Å². The summed E-state index contributed by atoms with van der Waals surface area (Å²) in [5.41, 5.74) is 1.04. The van der Waals surface area contributed by atoms with Crippen LogP contribution in [0.2, 0.25) is 0 Å². The first-order valence-electron chi connectivity index (χ1n) is 6.22. The van der Waals surface area contributed by atoms with Gasteiger partial charge in [-0.3, -0.25) is 4.79 Å². The fraction of sp³-hybridized carbons (Fsp3) is 0.500. The maximum absolute atomic E-state index is 11.9. The maximum Gasteiger partial charge on any atom is 0.348 e. The molecular weight excluding hydrogens is 334 g/mol. The Labute approximate surface area is 130 Å². The van der Waals surface area contributed by atoms with E-state index in [0.29, 0.717) is 17.7 Å². The number of carbonyl (C=O) groups is 2. The summed E-state index contributed by atoms with van der Waals surface area (Å²) in [4.78, 5) is 23.0. The van der Waals surface area contributed by atoms with Crippen molar-refractivity contribution in [1.29, 1.82) is 0 Å². The monoisotopic (exact) mass is 349 g/mol. The highest BCUT2D eigenvalue weighted by Gasteiger charge is 2.28. The van der Waals surface area contributed by atoms with Gasteiger partial charge < -0.3 is 10.4 Å². The molecular formula is C12H15NO5S3. The summed E-state index contributed by atoms with van der Waals surface area (Å²) in [7, 11) is -2.95. The fourth-order valence-electron chi connectivity index (χ4n) is 2.02. The third-order valence-electron chi connectivity index (χ3n) is 3.07. The second-order valence-corrected chi connectivity index (χ2v) is 9.21. The van der Waals surface area contributed by atoms with Gasteiger partial charge in [0, 0.05) is 5.25 Å². The lowest BCUT2D eigenvalue weighted by molar-refractivity contribution is -0.113. The molecule has 1 amide bonds. The van der Waals surface area contributed by atoms with Crippen LogP contribution in [-0.4, -0.2) is 47.9 Å². The smallest absolute Gasteiger partial charge is 0.348 e. The summed E-state index contributed by atoms with van der Waals surface area (Å²) in [6, 6.07) is 0. The zero-order valence-electron chi connectivity index (χ0n) is 11.3. The highest BCUT2D eigenvalue weighted by molar-refractivity contribution is 8.02. The van der Waals surface area contributed by atoms with Gasteiger partial charge in [0.25, 0.3) is 0 Å². The van der Waals surface area contributed by atoms with Gasteiger partial charge in [0.2, 0.25) is 5.91 Å². The number of sulfone groups is 1. The van der Waals surface area contributed by atoms with Crippen molar-refractivity contribution in [2.24, 2.45) is 0 Å². The third-order valence-corrected chi connectivity index (χ3v) is 7.44. The molecule has 1 fully saturated rings. The number of amides is 1. The second-order valence-electron chi connectivity index (χ2n) is 4.81. The number of aryl methyl sites for hydroxylation is 1. The Bertz CT molecular complexity index is 664. The van der Waals surface area contributed by atoms with E-state index in [-0.39, 0.29) is 33.3 Å². The SMILES string of the molecule is Cc1csc(C(=O)O)c1NC(=O)CSC1CCS(=O)(=O)C1. The molecule has 0 radical (unpaired) electrons. The standard InChI is InChI=1S/C12H15NO5S3/c1-7-4-20-11(12(15)16)10(7)13-9(14)5-19-8-2-3-21(17,18)6-8/h4,8H,2-3,5-6H2,1H3,(H,13,14)(H,15,16). The molecule has 2 N–H and O–H groups in total. The Hall–Kier alpha value is -1.06. The van der Waals surface area contributed by atoms with Crippen LogP contribution in [0.4, 0.5) is 5.69 Å². The number of thiophene rings is 1.